The van der Waals surface area contributed by atoms with Gasteiger partial charge in [0.2, 0.25) is 5.88 Å². The monoisotopic (exact) mass is 986 g/mol. The summed E-state index contributed by atoms with van der Waals surface area (Å²) in [4.78, 5) is 10.5. The summed E-state index contributed by atoms with van der Waals surface area (Å²) >= 11 is 0. The number of benzene rings is 5. The number of ether oxygens (including phenoxy) is 1. The van der Waals surface area contributed by atoms with E-state index in [-0.39, 0.29) is 43.7 Å². The number of rotatable bonds is 8. The fraction of sp³-hybridized carbons (Fsp3) is 0.269. The van der Waals surface area contributed by atoms with Crippen LogP contribution in [0.3, 0.4) is 0 Å². The first-order chi connectivity index (χ1) is 28.6. The van der Waals surface area contributed by atoms with E-state index in [1.165, 1.54) is 22.3 Å². The van der Waals surface area contributed by atoms with E-state index >= 15 is 0 Å². The molecular formula is C52H51N6O2Pt-. The van der Waals surface area contributed by atoms with Gasteiger partial charge in [0.05, 0.1) is 27.8 Å². The minimum absolute atomic E-state index is 0. The molecular weight excluding hydrogens is 936 g/mol. The Kier molecular flexibility index (Phi) is 10.9. The van der Waals surface area contributed by atoms with E-state index in [2.05, 4.69) is 151 Å². The Labute approximate surface area is 372 Å². The summed E-state index contributed by atoms with van der Waals surface area (Å²) in [6, 6.07) is 41.3. The van der Waals surface area contributed by atoms with Crippen molar-refractivity contribution in [2.45, 2.75) is 91.9 Å². The summed E-state index contributed by atoms with van der Waals surface area (Å²) in [7, 11) is 0. The van der Waals surface area contributed by atoms with Crippen LogP contribution < -0.4 is 4.74 Å². The third-order valence-corrected chi connectivity index (χ3v) is 11.4. The summed E-state index contributed by atoms with van der Waals surface area (Å²) in [6.45, 7) is 22.6. The SMILES string of the molecule is CC(C)c1cc(C(C)(C)C)cc(C(C)C)c1-n1c(-c2cc(Oc3cc(-c4ccccc4)cc(-c4[c-]ccc(C(C)(C)C)c4)n3)cc3c2oc2nncn23)nc2ccccc21.[Pt]. The zero-order valence-corrected chi connectivity index (χ0v) is 38.7. The Balaban J connectivity index is 0.00000514. The number of fused-ring (bicyclic) bond motifs is 4. The summed E-state index contributed by atoms with van der Waals surface area (Å²) in [6.07, 6.45) is 1.67. The van der Waals surface area contributed by atoms with Crippen LogP contribution in [-0.4, -0.2) is 29.1 Å². The first-order valence-electron chi connectivity index (χ1n) is 20.8. The van der Waals surface area contributed by atoms with E-state index in [0.717, 1.165) is 56.0 Å². The van der Waals surface area contributed by atoms with E-state index in [1.807, 2.05) is 52.9 Å². The van der Waals surface area contributed by atoms with Crippen LogP contribution in [0.4, 0.5) is 0 Å². The number of para-hydroxylation sites is 2. The van der Waals surface area contributed by atoms with Gasteiger partial charge in [-0.2, -0.15) is 0 Å². The van der Waals surface area contributed by atoms with Crippen LogP contribution in [0.25, 0.3) is 67.4 Å². The predicted octanol–water partition coefficient (Wildman–Crippen LogP) is 13.6. The van der Waals surface area contributed by atoms with Gasteiger partial charge in [0.1, 0.15) is 17.9 Å². The minimum atomic E-state index is -0.0405. The first kappa shape index (κ1) is 41.9. The maximum Gasteiger partial charge on any atom is 0.327 e. The fourth-order valence-electron chi connectivity index (χ4n) is 8.03. The first-order valence-corrected chi connectivity index (χ1v) is 20.8. The molecule has 0 saturated heterocycles. The van der Waals surface area contributed by atoms with Crippen LogP contribution in [0.15, 0.2) is 120 Å². The van der Waals surface area contributed by atoms with E-state index in [0.29, 0.717) is 23.1 Å². The molecule has 9 rings (SSSR count). The molecule has 0 amide bonds. The number of nitrogens with zero attached hydrogens (tertiary/aromatic N) is 6. The topological polar surface area (TPSA) is 83.3 Å². The molecule has 4 heterocycles. The van der Waals surface area contributed by atoms with Gasteiger partial charge in [-0.25, -0.2) is 9.38 Å². The van der Waals surface area contributed by atoms with Crippen LogP contribution in [-0.2, 0) is 31.9 Å². The van der Waals surface area contributed by atoms with Gasteiger partial charge >= 0.3 is 5.84 Å². The van der Waals surface area contributed by atoms with Crippen molar-refractivity contribution in [2.75, 3.05) is 0 Å². The van der Waals surface area contributed by atoms with Crippen LogP contribution in [0.2, 0.25) is 0 Å². The molecule has 0 unspecified atom stereocenters. The molecule has 0 N–H and O–H groups in total. The molecule has 0 radical (unpaired) electrons. The molecule has 8 nitrogen and oxygen atoms in total. The van der Waals surface area contributed by atoms with Crippen molar-refractivity contribution in [3.63, 3.8) is 0 Å². The van der Waals surface area contributed by atoms with Crippen LogP contribution in [0, 0.1) is 6.07 Å². The molecule has 0 aliphatic carbocycles. The maximum atomic E-state index is 6.90. The van der Waals surface area contributed by atoms with Gasteiger partial charge in [-0.05, 0) is 74.4 Å². The molecule has 9 aromatic rings. The van der Waals surface area contributed by atoms with Crippen molar-refractivity contribution in [2.24, 2.45) is 0 Å². The smallest absolute Gasteiger partial charge is 0.327 e. The molecule has 0 spiro atoms. The van der Waals surface area contributed by atoms with Gasteiger partial charge in [0.15, 0.2) is 5.58 Å². The molecule has 312 valence electrons. The quantitative estimate of drug-likeness (QED) is 0.141. The Morgan fingerprint density at radius 3 is 2.07 bits per heavy atom. The van der Waals surface area contributed by atoms with Crippen molar-refractivity contribution >= 4 is 28.0 Å². The maximum absolute atomic E-state index is 6.90. The van der Waals surface area contributed by atoms with Crippen LogP contribution in [0.5, 0.6) is 11.6 Å². The van der Waals surface area contributed by atoms with Crippen molar-refractivity contribution in [1.82, 2.24) is 29.1 Å². The number of oxazole rings is 1. The normalized spacial score (nSPS) is 12.3. The van der Waals surface area contributed by atoms with Gasteiger partial charge in [-0.1, -0.05) is 135 Å². The van der Waals surface area contributed by atoms with Gasteiger partial charge in [0.25, 0.3) is 0 Å². The fourth-order valence-corrected chi connectivity index (χ4v) is 8.03. The number of aromatic nitrogens is 6. The Bertz CT molecular complexity index is 3020. The molecule has 0 saturated carbocycles. The third-order valence-electron chi connectivity index (χ3n) is 11.4. The molecule has 5 aromatic carbocycles. The van der Waals surface area contributed by atoms with Gasteiger partial charge in [-0.15, -0.1) is 40.5 Å². The summed E-state index contributed by atoms with van der Waals surface area (Å²) in [5, 5.41) is 8.49. The van der Waals surface area contributed by atoms with Crippen LogP contribution in [0.1, 0.15) is 103 Å². The summed E-state index contributed by atoms with van der Waals surface area (Å²) in [5.74, 6) is 2.61. The molecule has 4 aromatic heterocycles. The van der Waals surface area contributed by atoms with Crippen molar-refractivity contribution in [3.8, 4) is 51.1 Å². The molecule has 0 aliphatic heterocycles. The van der Waals surface area contributed by atoms with E-state index in [4.69, 9.17) is 19.1 Å². The zero-order valence-electron chi connectivity index (χ0n) is 36.4. The molecule has 0 aliphatic rings. The molecule has 0 atom stereocenters. The Morgan fingerprint density at radius 1 is 0.689 bits per heavy atom. The summed E-state index contributed by atoms with van der Waals surface area (Å²) < 4.78 is 17.6. The minimum Gasteiger partial charge on any atom is -0.440 e. The second-order valence-corrected chi connectivity index (χ2v) is 18.5. The van der Waals surface area contributed by atoms with E-state index in [1.54, 1.807) is 6.33 Å². The van der Waals surface area contributed by atoms with Crippen molar-refractivity contribution < 1.29 is 30.2 Å². The van der Waals surface area contributed by atoms with E-state index < -0.39 is 0 Å². The Hall–Kier alpha value is -5.85. The summed E-state index contributed by atoms with van der Waals surface area (Å²) in [5.41, 5.74) is 13.9. The average molecular weight is 987 g/mol. The van der Waals surface area contributed by atoms with Gasteiger partial charge in [-0.3, -0.25) is 9.55 Å². The van der Waals surface area contributed by atoms with E-state index in [9.17, 15) is 0 Å². The van der Waals surface area contributed by atoms with Crippen molar-refractivity contribution in [1.29, 1.82) is 0 Å². The average Bonchev–Trinajstić information content (AvgIpc) is 3.94. The zero-order chi connectivity index (χ0) is 42.1. The van der Waals surface area contributed by atoms with Gasteiger partial charge in [0, 0.05) is 33.2 Å². The largest absolute Gasteiger partial charge is 0.440 e. The number of imidazole rings is 1. The molecule has 0 bridgehead atoms. The van der Waals surface area contributed by atoms with Gasteiger partial charge < -0.3 is 9.15 Å². The Morgan fingerprint density at radius 2 is 1.38 bits per heavy atom. The van der Waals surface area contributed by atoms with Crippen LogP contribution >= 0.6 is 0 Å². The standard InChI is InChI=1S/C52H51N6O2.Pt/c1-31(2)39-26-37(52(8,9)10)27-40(32(3)4)47(39)58-44-22-15-14-21-42(44)55-49(58)41-28-38(29-45-48(41)60-50-56-53-30-57(45)50)59-46-25-35(33-17-12-11-13-18-33)24-43(54-46)34-19-16-20-36(23-34)51(5,6)7;/h11-18,20-32H,1-10H3;/q-1;. The molecule has 61 heavy (non-hydrogen) atoms. The number of hydrogen-bond acceptors (Lipinski definition) is 6. The predicted molar refractivity (Wildman–Crippen MR) is 242 cm³/mol. The number of pyridine rings is 1. The van der Waals surface area contributed by atoms with Crippen molar-refractivity contribution in [3.05, 3.63) is 144 Å². The second-order valence-electron chi connectivity index (χ2n) is 18.5. The third kappa shape index (κ3) is 7.83. The molecule has 9 heteroatoms. The molecule has 0 fully saturated rings. The number of hydrogen-bond donors (Lipinski definition) is 0. The second kappa shape index (κ2) is 15.9.